The summed E-state index contributed by atoms with van der Waals surface area (Å²) in [4.78, 5) is 35.6. The standard InChI is InChI=1S/C27H34N2O6/c1-18(11-12-25(30)29-24(26(31)32)14-16-34-2)13-15-28-27(33)35-17-23-21-9-5-3-7-19(21)20-8-4-6-10-22(20)23/h3-10,18,23-24H,11-17H2,1-2H3,(H,28,33)(H,29,30)(H,31,32). The van der Waals surface area contributed by atoms with E-state index in [1.807, 2.05) is 31.2 Å². The molecule has 1 aliphatic rings. The van der Waals surface area contributed by atoms with Crippen molar-refractivity contribution < 1.29 is 29.0 Å². The second-order valence-electron chi connectivity index (χ2n) is 8.92. The predicted octanol–water partition coefficient (Wildman–Crippen LogP) is 3.94. The molecule has 35 heavy (non-hydrogen) atoms. The lowest BCUT2D eigenvalue weighted by Crippen LogP contribution is -2.41. The molecule has 1 aliphatic carbocycles. The van der Waals surface area contributed by atoms with Gasteiger partial charge in [-0.2, -0.15) is 0 Å². The van der Waals surface area contributed by atoms with Gasteiger partial charge in [-0.3, -0.25) is 4.79 Å². The van der Waals surface area contributed by atoms with Gasteiger partial charge in [0.15, 0.2) is 0 Å². The molecular formula is C27H34N2O6. The summed E-state index contributed by atoms with van der Waals surface area (Å²) in [6.45, 7) is 2.95. The van der Waals surface area contributed by atoms with E-state index in [-0.39, 0.29) is 43.8 Å². The second kappa shape index (κ2) is 12.9. The van der Waals surface area contributed by atoms with Gasteiger partial charge < -0.3 is 25.2 Å². The monoisotopic (exact) mass is 482 g/mol. The number of alkyl carbamates (subject to hydrolysis) is 1. The molecule has 0 fully saturated rings. The van der Waals surface area contributed by atoms with Crippen molar-refractivity contribution in [3.05, 3.63) is 59.7 Å². The van der Waals surface area contributed by atoms with Crippen LogP contribution in [0.25, 0.3) is 11.1 Å². The number of carbonyl (C=O) groups excluding carboxylic acids is 2. The maximum atomic E-state index is 12.3. The summed E-state index contributed by atoms with van der Waals surface area (Å²) in [6, 6.07) is 15.4. The summed E-state index contributed by atoms with van der Waals surface area (Å²) in [5, 5.41) is 14.5. The summed E-state index contributed by atoms with van der Waals surface area (Å²) in [5.41, 5.74) is 4.70. The molecule has 3 rings (SSSR count). The highest BCUT2D eigenvalue weighted by Gasteiger charge is 2.29. The lowest BCUT2D eigenvalue weighted by atomic mass is 9.98. The van der Waals surface area contributed by atoms with Gasteiger partial charge in [-0.25, -0.2) is 9.59 Å². The van der Waals surface area contributed by atoms with Crippen molar-refractivity contribution in [3.8, 4) is 11.1 Å². The minimum atomic E-state index is -1.07. The van der Waals surface area contributed by atoms with Crippen LogP contribution >= 0.6 is 0 Å². The third-order valence-electron chi connectivity index (χ3n) is 6.36. The Hall–Kier alpha value is -3.39. The van der Waals surface area contributed by atoms with E-state index in [4.69, 9.17) is 9.47 Å². The summed E-state index contributed by atoms with van der Waals surface area (Å²) in [7, 11) is 1.49. The molecule has 2 unspecified atom stereocenters. The SMILES string of the molecule is COCCC(NC(=O)CCC(C)CCNC(=O)OCC1c2ccccc2-c2ccccc21)C(=O)O. The van der Waals surface area contributed by atoms with Crippen molar-refractivity contribution in [2.75, 3.05) is 26.9 Å². The van der Waals surface area contributed by atoms with E-state index < -0.39 is 18.1 Å². The van der Waals surface area contributed by atoms with Gasteiger partial charge in [-0.05, 0) is 41.0 Å². The van der Waals surface area contributed by atoms with Gasteiger partial charge in [0.25, 0.3) is 0 Å². The van der Waals surface area contributed by atoms with Crippen LogP contribution in [0.5, 0.6) is 0 Å². The fraction of sp³-hybridized carbons (Fsp3) is 0.444. The quantitative estimate of drug-likeness (QED) is 0.399. The number of carbonyl (C=O) groups is 3. The number of carboxylic acid groups (broad SMARTS) is 1. The summed E-state index contributed by atoms with van der Waals surface area (Å²) in [6.07, 6.45) is 1.26. The maximum absolute atomic E-state index is 12.3. The van der Waals surface area contributed by atoms with Crippen LogP contribution in [-0.2, 0) is 19.1 Å². The second-order valence-corrected chi connectivity index (χ2v) is 8.92. The van der Waals surface area contributed by atoms with Crippen LogP contribution in [-0.4, -0.2) is 56.0 Å². The van der Waals surface area contributed by atoms with Gasteiger partial charge in [-0.15, -0.1) is 0 Å². The average Bonchev–Trinajstić information content (AvgIpc) is 3.17. The minimum absolute atomic E-state index is 0.0177. The number of hydrogen-bond acceptors (Lipinski definition) is 5. The molecule has 0 radical (unpaired) electrons. The average molecular weight is 483 g/mol. The largest absolute Gasteiger partial charge is 0.480 e. The van der Waals surface area contributed by atoms with Gasteiger partial charge in [0, 0.05) is 39.0 Å². The number of fused-ring (bicyclic) bond motifs is 3. The number of hydrogen-bond donors (Lipinski definition) is 3. The number of benzene rings is 2. The predicted molar refractivity (Wildman–Crippen MR) is 132 cm³/mol. The number of amides is 2. The Morgan fingerprint density at radius 2 is 1.60 bits per heavy atom. The normalized spacial score (nSPS) is 13.9. The van der Waals surface area contributed by atoms with E-state index in [9.17, 15) is 19.5 Å². The topological polar surface area (TPSA) is 114 Å². The lowest BCUT2D eigenvalue weighted by Gasteiger charge is -2.16. The lowest BCUT2D eigenvalue weighted by molar-refractivity contribution is -0.142. The van der Waals surface area contributed by atoms with E-state index >= 15 is 0 Å². The third-order valence-corrected chi connectivity index (χ3v) is 6.36. The van der Waals surface area contributed by atoms with Crippen LogP contribution in [0.2, 0.25) is 0 Å². The molecule has 8 nitrogen and oxygen atoms in total. The molecule has 2 amide bonds. The molecule has 8 heteroatoms. The van der Waals surface area contributed by atoms with Crippen molar-refractivity contribution in [1.82, 2.24) is 10.6 Å². The molecule has 0 saturated heterocycles. The van der Waals surface area contributed by atoms with Gasteiger partial charge in [0.05, 0.1) is 0 Å². The highest BCUT2D eigenvalue weighted by molar-refractivity contribution is 5.83. The van der Waals surface area contributed by atoms with Crippen molar-refractivity contribution in [2.24, 2.45) is 5.92 Å². The van der Waals surface area contributed by atoms with Gasteiger partial charge in [0.2, 0.25) is 5.91 Å². The highest BCUT2D eigenvalue weighted by Crippen LogP contribution is 2.44. The smallest absolute Gasteiger partial charge is 0.407 e. The van der Waals surface area contributed by atoms with Crippen LogP contribution in [0.4, 0.5) is 4.79 Å². The van der Waals surface area contributed by atoms with Crippen molar-refractivity contribution in [2.45, 2.75) is 44.6 Å². The van der Waals surface area contributed by atoms with Gasteiger partial charge >= 0.3 is 12.1 Å². The first kappa shape index (κ1) is 26.2. The van der Waals surface area contributed by atoms with E-state index in [2.05, 4.69) is 34.9 Å². The first-order chi connectivity index (χ1) is 16.9. The Labute approximate surface area is 206 Å². The Morgan fingerprint density at radius 3 is 2.20 bits per heavy atom. The third kappa shape index (κ3) is 7.29. The molecular weight excluding hydrogens is 448 g/mol. The Bertz CT molecular complexity index is 979. The summed E-state index contributed by atoms with van der Waals surface area (Å²) >= 11 is 0. The number of ether oxygens (including phenoxy) is 2. The Morgan fingerprint density at radius 1 is 0.971 bits per heavy atom. The van der Waals surface area contributed by atoms with Gasteiger partial charge in [-0.1, -0.05) is 55.5 Å². The van der Waals surface area contributed by atoms with Crippen LogP contribution in [0.1, 0.15) is 49.7 Å². The first-order valence-corrected chi connectivity index (χ1v) is 12.0. The van der Waals surface area contributed by atoms with E-state index in [1.54, 1.807) is 0 Å². The van der Waals surface area contributed by atoms with Crippen LogP contribution in [0.15, 0.2) is 48.5 Å². The summed E-state index contributed by atoms with van der Waals surface area (Å²) in [5.74, 6) is -1.18. The zero-order valence-corrected chi connectivity index (χ0v) is 20.3. The zero-order valence-electron chi connectivity index (χ0n) is 20.3. The van der Waals surface area contributed by atoms with Crippen LogP contribution in [0.3, 0.4) is 0 Å². The van der Waals surface area contributed by atoms with Crippen molar-refractivity contribution in [1.29, 1.82) is 0 Å². The number of carboxylic acids is 1. The Kier molecular flexibility index (Phi) is 9.66. The van der Waals surface area contributed by atoms with Crippen LogP contribution < -0.4 is 10.6 Å². The van der Waals surface area contributed by atoms with Gasteiger partial charge in [0.1, 0.15) is 12.6 Å². The number of nitrogens with one attached hydrogen (secondary N) is 2. The molecule has 0 bridgehead atoms. The maximum Gasteiger partial charge on any atom is 0.407 e. The summed E-state index contributed by atoms with van der Waals surface area (Å²) < 4.78 is 10.4. The molecule has 2 atom stereocenters. The van der Waals surface area contributed by atoms with Crippen LogP contribution in [0, 0.1) is 5.92 Å². The number of methoxy groups -OCH3 is 1. The fourth-order valence-corrected chi connectivity index (χ4v) is 4.35. The zero-order chi connectivity index (χ0) is 25.2. The Balaban J connectivity index is 1.36. The molecule has 188 valence electrons. The molecule has 0 saturated carbocycles. The fourth-order valence-electron chi connectivity index (χ4n) is 4.35. The minimum Gasteiger partial charge on any atom is -0.480 e. The van der Waals surface area contributed by atoms with E-state index in [1.165, 1.54) is 29.4 Å². The molecule has 2 aromatic rings. The molecule has 0 spiro atoms. The first-order valence-electron chi connectivity index (χ1n) is 12.0. The molecule has 0 heterocycles. The number of rotatable bonds is 13. The highest BCUT2D eigenvalue weighted by atomic mass is 16.5. The number of aliphatic carboxylic acids is 1. The van der Waals surface area contributed by atoms with Crippen molar-refractivity contribution in [3.63, 3.8) is 0 Å². The molecule has 0 aliphatic heterocycles. The molecule has 3 N–H and O–H groups in total. The van der Waals surface area contributed by atoms with Crippen molar-refractivity contribution >= 4 is 18.0 Å². The van der Waals surface area contributed by atoms with E-state index in [0.717, 1.165) is 0 Å². The molecule has 0 aromatic heterocycles. The molecule has 2 aromatic carbocycles. The van der Waals surface area contributed by atoms with E-state index in [0.29, 0.717) is 19.4 Å².